The number of rotatable bonds is 3. The normalized spacial score (nSPS) is 55.9. The molecule has 5 fully saturated rings. The molecule has 5 saturated carbocycles. The molecule has 0 bridgehead atoms. The van der Waals surface area contributed by atoms with Crippen LogP contribution in [0.4, 0.5) is 0 Å². The molecule has 0 radical (unpaired) electrons. The van der Waals surface area contributed by atoms with Crippen LogP contribution in [0.5, 0.6) is 0 Å². The Balaban J connectivity index is 0.00000106. The van der Waals surface area contributed by atoms with Crippen molar-refractivity contribution in [1.82, 2.24) is 5.32 Å². The van der Waals surface area contributed by atoms with Gasteiger partial charge in [-0.25, -0.2) is 0 Å². The van der Waals surface area contributed by atoms with Crippen molar-refractivity contribution in [3.8, 4) is 0 Å². The summed E-state index contributed by atoms with van der Waals surface area (Å²) in [4.78, 5) is 24.0. The van der Waals surface area contributed by atoms with E-state index in [2.05, 4.69) is 5.32 Å². The van der Waals surface area contributed by atoms with Gasteiger partial charge in [0.05, 0.1) is 5.41 Å². The standard InChI is InChI=1S/C15H19NO3.Na/c17-12(14-2-1-3-15(14,6-14)13(18)19)16-11-9-4-7(9)8-5-10(8)11;/h7-11H,1-6H2,(H,16,17)(H,18,19);/q;+1/p-1/t7-,8-,9-,10-,14+,15-;/m1./s1. The monoisotopic (exact) mass is 283 g/mol. The molecule has 1 amide bonds. The van der Waals surface area contributed by atoms with Crippen LogP contribution < -0.4 is 40.0 Å². The molecule has 0 saturated heterocycles. The van der Waals surface area contributed by atoms with Gasteiger partial charge in [-0.2, -0.15) is 0 Å². The van der Waals surface area contributed by atoms with Crippen LogP contribution >= 0.6 is 0 Å². The third-order valence-corrected chi connectivity index (χ3v) is 6.98. The van der Waals surface area contributed by atoms with Crippen LogP contribution in [-0.2, 0) is 9.59 Å². The summed E-state index contributed by atoms with van der Waals surface area (Å²) in [6, 6.07) is 0.359. The number of carbonyl (C=O) groups is 2. The van der Waals surface area contributed by atoms with Crippen molar-refractivity contribution in [3.63, 3.8) is 0 Å². The summed E-state index contributed by atoms with van der Waals surface area (Å²) >= 11 is 0. The van der Waals surface area contributed by atoms with E-state index in [1.807, 2.05) is 0 Å². The van der Waals surface area contributed by atoms with E-state index in [0.717, 1.165) is 24.7 Å². The Bertz CT molecular complexity index is 507. The maximum atomic E-state index is 12.6. The second-order valence-corrected chi connectivity index (χ2v) is 7.61. The zero-order valence-electron chi connectivity index (χ0n) is 11.9. The molecule has 0 aromatic heterocycles. The Morgan fingerprint density at radius 1 is 1.00 bits per heavy atom. The van der Waals surface area contributed by atoms with Crippen LogP contribution in [0.2, 0.25) is 0 Å². The van der Waals surface area contributed by atoms with Crippen LogP contribution in [0.1, 0.15) is 38.5 Å². The topological polar surface area (TPSA) is 69.2 Å². The van der Waals surface area contributed by atoms with Crippen molar-refractivity contribution in [1.29, 1.82) is 0 Å². The Hall–Kier alpha value is -0.0600. The van der Waals surface area contributed by atoms with E-state index in [9.17, 15) is 14.7 Å². The predicted molar refractivity (Wildman–Crippen MR) is 63.5 cm³/mol. The SMILES string of the molecule is O=C([O-])[C@]12CCC[C@@]1(C(=O)NC1[C@@H]3C[C@@H]3[C@H]3C[C@@H]13)C2.[Na+]. The quantitative estimate of drug-likeness (QED) is 0.564. The summed E-state index contributed by atoms with van der Waals surface area (Å²) in [5.74, 6) is 2.20. The fraction of sp³-hybridized carbons (Fsp3) is 0.867. The van der Waals surface area contributed by atoms with E-state index in [1.165, 1.54) is 12.8 Å². The molecule has 5 rings (SSSR count). The average molecular weight is 283 g/mol. The number of nitrogens with one attached hydrogen (secondary N) is 1. The Morgan fingerprint density at radius 2 is 1.60 bits per heavy atom. The first-order chi connectivity index (χ1) is 9.09. The molecule has 1 N–H and O–H groups in total. The number of hydrogen-bond acceptors (Lipinski definition) is 3. The van der Waals surface area contributed by atoms with E-state index in [0.29, 0.717) is 30.7 Å². The fourth-order valence-electron chi connectivity index (χ4n) is 5.70. The predicted octanol–water partition coefficient (Wildman–Crippen LogP) is -2.93. The Kier molecular flexibility index (Phi) is 2.60. The molecule has 5 heteroatoms. The van der Waals surface area contributed by atoms with Gasteiger partial charge in [-0.1, -0.05) is 6.42 Å². The van der Waals surface area contributed by atoms with Gasteiger partial charge < -0.3 is 15.2 Å². The van der Waals surface area contributed by atoms with Crippen LogP contribution in [0.25, 0.3) is 0 Å². The Labute approximate surface area is 140 Å². The number of hydrogen-bond donors (Lipinski definition) is 1. The second-order valence-electron chi connectivity index (χ2n) is 7.61. The van der Waals surface area contributed by atoms with Crippen molar-refractivity contribution in [2.75, 3.05) is 0 Å². The zero-order chi connectivity index (χ0) is 13.0. The average Bonchev–Trinajstić information content (AvgIpc) is 3.26. The van der Waals surface area contributed by atoms with E-state index < -0.39 is 16.8 Å². The van der Waals surface area contributed by atoms with Gasteiger partial charge >= 0.3 is 29.6 Å². The van der Waals surface area contributed by atoms with Crippen molar-refractivity contribution < 1.29 is 44.3 Å². The van der Waals surface area contributed by atoms with Gasteiger partial charge in [0.2, 0.25) is 5.91 Å². The molecule has 20 heavy (non-hydrogen) atoms. The summed E-state index contributed by atoms with van der Waals surface area (Å²) in [7, 11) is 0. The summed E-state index contributed by atoms with van der Waals surface area (Å²) < 4.78 is 0. The molecule has 5 aliphatic rings. The first-order valence-corrected chi connectivity index (χ1v) is 7.61. The van der Waals surface area contributed by atoms with Crippen molar-refractivity contribution in [2.24, 2.45) is 34.5 Å². The number of carboxylic acids is 1. The van der Waals surface area contributed by atoms with Gasteiger partial charge in [-0.3, -0.25) is 4.79 Å². The van der Waals surface area contributed by atoms with Crippen LogP contribution in [0.15, 0.2) is 0 Å². The molecule has 6 atom stereocenters. The third kappa shape index (κ3) is 1.39. The number of carbonyl (C=O) groups excluding carboxylic acids is 2. The summed E-state index contributed by atoms with van der Waals surface area (Å²) in [6.45, 7) is 0. The summed E-state index contributed by atoms with van der Waals surface area (Å²) in [5.41, 5.74) is -1.43. The van der Waals surface area contributed by atoms with Crippen LogP contribution in [-0.4, -0.2) is 17.9 Å². The Morgan fingerprint density at radius 3 is 2.15 bits per heavy atom. The molecule has 5 aliphatic carbocycles. The smallest absolute Gasteiger partial charge is 0.550 e. The van der Waals surface area contributed by atoms with Gasteiger partial charge in [0.1, 0.15) is 0 Å². The van der Waals surface area contributed by atoms with E-state index in [1.54, 1.807) is 0 Å². The van der Waals surface area contributed by atoms with Crippen LogP contribution in [0, 0.1) is 34.5 Å². The van der Waals surface area contributed by atoms with Gasteiger partial charge in [-0.05, 0) is 55.8 Å². The molecule has 0 aromatic carbocycles. The van der Waals surface area contributed by atoms with Crippen molar-refractivity contribution in [3.05, 3.63) is 0 Å². The molecule has 0 aromatic rings. The molecular formula is C15H18NNaO3. The molecule has 0 unspecified atom stereocenters. The summed E-state index contributed by atoms with van der Waals surface area (Å²) in [6.07, 6.45) is 5.30. The minimum absolute atomic E-state index is 0. The molecule has 0 spiro atoms. The maximum Gasteiger partial charge on any atom is 1.00 e. The molecule has 0 aliphatic heterocycles. The van der Waals surface area contributed by atoms with E-state index in [4.69, 9.17) is 0 Å². The number of amides is 1. The van der Waals surface area contributed by atoms with Gasteiger partial charge in [0, 0.05) is 17.4 Å². The number of fused-ring (bicyclic) bond motifs is 4. The number of carboxylic acid groups (broad SMARTS) is 1. The molecular weight excluding hydrogens is 265 g/mol. The van der Waals surface area contributed by atoms with E-state index >= 15 is 0 Å². The number of aliphatic carboxylic acids is 1. The maximum absolute atomic E-state index is 12.6. The fourth-order valence-corrected chi connectivity index (χ4v) is 5.70. The molecule has 4 nitrogen and oxygen atoms in total. The first kappa shape index (κ1) is 13.6. The zero-order valence-corrected chi connectivity index (χ0v) is 13.9. The van der Waals surface area contributed by atoms with Crippen LogP contribution in [0.3, 0.4) is 0 Å². The minimum atomic E-state index is -1.000. The second kappa shape index (κ2) is 3.82. The molecule has 102 valence electrons. The van der Waals surface area contributed by atoms with Crippen molar-refractivity contribution in [2.45, 2.75) is 44.6 Å². The van der Waals surface area contributed by atoms with Gasteiger partial charge in [0.25, 0.3) is 0 Å². The van der Waals surface area contributed by atoms with E-state index in [-0.39, 0.29) is 35.5 Å². The minimum Gasteiger partial charge on any atom is -0.550 e. The summed E-state index contributed by atoms with van der Waals surface area (Å²) in [5, 5.41) is 14.6. The largest absolute Gasteiger partial charge is 1.00 e. The first-order valence-electron chi connectivity index (χ1n) is 7.61. The van der Waals surface area contributed by atoms with Gasteiger partial charge in [-0.15, -0.1) is 0 Å². The third-order valence-electron chi connectivity index (χ3n) is 6.98. The van der Waals surface area contributed by atoms with Crippen molar-refractivity contribution >= 4 is 11.9 Å². The molecule has 0 heterocycles. The van der Waals surface area contributed by atoms with Gasteiger partial charge in [0.15, 0.2) is 0 Å².